The maximum Gasteiger partial charge on any atom is 0.350 e. The van der Waals surface area contributed by atoms with Crippen LogP contribution in [0.4, 0.5) is 0 Å². The van der Waals surface area contributed by atoms with Crippen LogP contribution in [0.5, 0.6) is 11.5 Å². The van der Waals surface area contributed by atoms with Gasteiger partial charge in [0.2, 0.25) is 0 Å². The third kappa shape index (κ3) is 12.6. The largest absolute Gasteiger partial charge is 0.507 e. The standard InChI is InChI=1S/C62H84N8O2/c1-61(2,3)53-39-49(25-15-29-65-31-17-33-67-35-19-37-69(59(65)67)45-47-21-9-7-10-22-47)57(71)51(41-53)43-63-55-27-13-14-28-56(55)64-44-52-42-54(62(4,5)6)40-50(58(52)72)26-16-30-66-32-18-34-68-36-20-38-70(60(66)68)46-48-23-11-8-12-24-48/h7-12,21-24,39-44,55-56H,13-20,25-38,45-46H2,1-6H3/p+2. The summed E-state index contributed by atoms with van der Waals surface area (Å²) in [6.45, 7) is 26.2. The second-order valence-electron chi connectivity index (χ2n) is 23.6. The average molecular weight is 975 g/mol. The molecule has 4 aromatic carbocycles. The van der Waals surface area contributed by atoms with E-state index in [1.807, 2.05) is 12.4 Å². The van der Waals surface area contributed by atoms with Gasteiger partial charge >= 0.3 is 11.9 Å². The van der Waals surface area contributed by atoms with Crippen molar-refractivity contribution >= 4 is 24.3 Å². The van der Waals surface area contributed by atoms with Crippen molar-refractivity contribution in [3.05, 3.63) is 129 Å². The zero-order valence-corrected chi connectivity index (χ0v) is 44.8. The number of phenolic OH excluding ortho intramolecular Hbond substituents is 2. The Morgan fingerprint density at radius 1 is 0.514 bits per heavy atom. The van der Waals surface area contributed by atoms with Crippen LogP contribution in [0.15, 0.2) is 94.9 Å². The Morgan fingerprint density at radius 2 is 0.889 bits per heavy atom. The predicted octanol–water partition coefficient (Wildman–Crippen LogP) is 10.4. The van der Waals surface area contributed by atoms with Crippen LogP contribution in [0.3, 0.4) is 0 Å². The van der Waals surface area contributed by atoms with E-state index in [-0.39, 0.29) is 22.9 Å². The first-order valence-corrected chi connectivity index (χ1v) is 27.9. The third-order valence-electron chi connectivity index (χ3n) is 16.0. The molecule has 2 N–H and O–H groups in total. The second kappa shape index (κ2) is 23.1. The van der Waals surface area contributed by atoms with E-state index in [0.717, 1.165) is 152 Å². The number of aryl methyl sites for hydroxylation is 2. The molecule has 4 aromatic rings. The summed E-state index contributed by atoms with van der Waals surface area (Å²) in [6.07, 6.45) is 16.3. The van der Waals surface area contributed by atoms with E-state index in [2.05, 4.69) is 155 Å². The SMILES string of the molecule is CC(C)(C)c1cc(C=NC2CCCCC2N=Cc2cc(C(C)(C)C)cc(CCCN3CCC[N+]4=C3N(Cc3ccccc3)CCC4)c2O)c(O)c(CCCN2CCC[N+]3=C2N(Cc2ccccc2)CCC3)c1. The van der Waals surface area contributed by atoms with Crippen LogP contribution in [0.1, 0.15) is 150 Å². The van der Waals surface area contributed by atoms with Crippen LogP contribution >= 0.6 is 0 Å². The van der Waals surface area contributed by atoms with Crippen LogP contribution in [0.2, 0.25) is 0 Å². The highest BCUT2D eigenvalue weighted by Gasteiger charge is 2.37. The Morgan fingerprint density at radius 3 is 1.26 bits per heavy atom. The normalized spacial score (nSPS) is 20.2. The lowest BCUT2D eigenvalue weighted by Crippen LogP contribution is -2.56. The van der Waals surface area contributed by atoms with Crippen molar-refractivity contribution in [3.63, 3.8) is 0 Å². The third-order valence-corrected chi connectivity index (χ3v) is 16.0. The number of aromatic hydroxyl groups is 2. The fraction of sp³-hybridized carbons (Fsp3) is 0.548. The predicted molar refractivity (Wildman–Crippen MR) is 297 cm³/mol. The number of guanidine groups is 2. The van der Waals surface area contributed by atoms with E-state index in [1.165, 1.54) is 59.9 Å². The van der Waals surface area contributed by atoms with Crippen molar-refractivity contribution in [3.8, 4) is 11.5 Å². The van der Waals surface area contributed by atoms with Crippen LogP contribution in [0.25, 0.3) is 0 Å². The maximum absolute atomic E-state index is 12.0. The minimum absolute atomic E-state index is 0.000181. The lowest BCUT2D eigenvalue weighted by molar-refractivity contribution is -0.550. The van der Waals surface area contributed by atoms with Crippen LogP contribution in [-0.4, -0.2) is 141 Å². The van der Waals surface area contributed by atoms with E-state index >= 15 is 0 Å². The van der Waals surface area contributed by atoms with Gasteiger partial charge in [-0.2, -0.15) is 0 Å². The van der Waals surface area contributed by atoms with Crippen molar-refractivity contribution in [2.24, 2.45) is 9.98 Å². The minimum Gasteiger partial charge on any atom is -0.507 e. The van der Waals surface area contributed by atoms with Crippen LogP contribution in [0, 0.1) is 0 Å². The van der Waals surface area contributed by atoms with Gasteiger partial charge in [0.05, 0.1) is 90.6 Å². The van der Waals surface area contributed by atoms with Gasteiger partial charge in [0.15, 0.2) is 0 Å². The molecule has 2 atom stereocenters. The molecule has 10 heteroatoms. The van der Waals surface area contributed by atoms with E-state index < -0.39 is 0 Å². The minimum atomic E-state index is -0.0821. The number of hydrogen-bond donors (Lipinski definition) is 2. The molecule has 1 aliphatic carbocycles. The molecule has 0 bridgehead atoms. The quantitative estimate of drug-likeness (QED) is 0.0860. The maximum atomic E-state index is 12.0. The molecule has 0 saturated heterocycles. The van der Waals surface area contributed by atoms with Crippen LogP contribution in [-0.2, 0) is 36.8 Å². The average Bonchev–Trinajstić information content (AvgIpc) is 3.37. The molecule has 4 aliphatic heterocycles. The molecule has 2 unspecified atom stereocenters. The van der Waals surface area contributed by atoms with Gasteiger partial charge in [-0.1, -0.05) is 127 Å². The molecule has 1 fully saturated rings. The highest BCUT2D eigenvalue weighted by atomic mass is 16.3. The Bertz CT molecular complexity index is 2400. The Hall–Kier alpha value is -5.64. The summed E-state index contributed by atoms with van der Waals surface area (Å²) in [6, 6.07) is 30.5. The number of rotatable bonds is 16. The molecular formula is C62H86N8O2+2. The fourth-order valence-electron chi connectivity index (χ4n) is 12.0. The lowest BCUT2D eigenvalue weighted by Gasteiger charge is -2.36. The van der Waals surface area contributed by atoms with Gasteiger partial charge in [0.1, 0.15) is 11.5 Å². The molecule has 0 aromatic heterocycles. The zero-order chi connectivity index (χ0) is 50.2. The molecule has 0 amide bonds. The summed E-state index contributed by atoms with van der Waals surface area (Å²) in [5, 5.41) is 23.9. The Kier molecular flexibility index (Phi) is 16.4. The molecule has 0 spiro atoms. The zero-order valence-electron chi connectivity index (χ0n) is 44.8. The summed E-state index contributed by atoms with van der Waals surface area (Å²) in [5.41, 5.74) is 8.60. The summed E-state index contributed by atoms with van der Waals surface area (Å²) in [5.74, 6) is 3.50. The highest BCUT2D eigenvalue weighted by molar-refractivity contribution is 5.86. The number of hydrogen-bond acceptors (Lipinski definition) is 8. The monoisotopic (exact) mass is 975 g/mol. The number of phenols is 2. The van der Waals surface area contributed by atoms with Gasteiger partial charge in [0, 0.05) is 49.2 Å². The number of aliphatic imine (C=N–C) groups is 2. The van der Waals surface area contributed by atoms with Crippen molar-refractivity contribution in [2.75, 3.05) is 65.4 Å². The van der Waals surface area contributed by atoms with Gasteiger partial charge in [0.25, 0.3) is 0 Å². The van der Waals surface area contributed by atoms with Crippen molar-refractivity contribution in [1.29, 1.82) is 0 Å². The molecular weight excluding hydrogens is 889 g/mol. The summed E-state index contributed by atoms with van der Waals surface area (Å²) < 4.78 is 5.21. The summed E-state index contributed by atoms with van der Waals surface area (Å²) in [7, 11) is 0. The molecule has 4 heterocycles. The van der Waals surface area contributed by atoms with Crippen LogP contribution < -0.4 is 0 Å². The number of benzene rings is 4. The smallest absolute Gasteiger partial charge is 0.350 e. The summed E-state index contributed by atoms with van der Waals surface area (Å²) >= 11 is 0. The molecule has 0 radical (unpaired) electrons. The first kappa shape index (κ1) is 51.3. The van der Waals surface area contributed by atoms with Gasteiger partial charge < -0.3 is 10.2 Å². The van der Waals surface area contributed by atoms with Gasteiger partial charge in [-0.05, 0) is 94.9 Å². The first-order valence-electron chi connectivity index (χ1n) is 27.9. The molecule has 9 rings (SSSR count). The van der Waals surface area contributed by atoms with E-state index in [1.54, 1.807) is 0 Å². The van der Waals surface area contributed by atoms with E-state index in [4.69, 9.17) is 9.98 Å². The Labute approximate surface area is 432 Å². The van der Waals surface area contributed by atoms with Gasteiger partial charge in [-0.25, -0.2) is 0 Å². The van der Waals surface area contributed by atoms with Gasteiger partial charge in [-0.3, -0.25) is 38.7 Å². The Balaban J connectivity index is 0.882. The van der Waals surface area contributed by atoms with E-state index in [0.29, 0.717) is 11.5 Å². The second-order valence-corrected chi connectivity index (χ2v) is 23.6. The molecule has 1 saturated carbocycles. The number of nitrogens with zero attached hydrogens (tertiary/aromatic N) is 8. The fourth-order valence-corrected chi connectivity index (χ4v) is 12.0. The molecule has 5 aliphatic rings. The highest BCUT2D eigenvalue weighted by Crippen LogP contribution is 2.34. The van der Waals surface area contributed by atoms with Gasteiger partial charge in [-0.15, -0.1) is 0 Å². The van der Waals surface area contributed by atoms with E-state index in [9.17, 15) is 10.2 Å². The molecule has 384 valence electrons. The first-order chi connectivity index (χ1) is 34.8. The van der Waals surface area contributed by atoms with Crippen molar-refractivity contribution in [1.82, 2.24) is 19.6 Å². The topological polar surface area (TPSA) is 84.2 Å². The molecule has 72 heavy (non-hydrogen) atoms. The van der Waals surface area contributed by atoms with Crippen molar-refractivity contribution < 1.29 is 19.4 Å². The molecule has 10 nitrogen and oxygen atoms in total. The van der Waals surface area contributed by atoms with Crippen molar-refractivity contribution in [2.45, 2.75) is 155 Å². The lowest BCUT2D eigenvalue weighted by atomic mass is 9.84. The summed E-state index contributed by atoms with van der Waals surface area (Å²) in [4.78, 5) is 20.9.